The summed E-state index contributed by atoms with van der Waals surface area (Å²) in [6.07, 6.45) is 7.96. The zero-order valence-corrected chi connectivity index (χ0v) is 21.3. The molecule has 0 unspecified atom stereocenters. The molecule has 1 saturated heterocycles. The molecule has 8 heteroatoms. The van der Waals surface area contributed by atoms with Crippen molar-refractivity contribution in [1.29, 1.82) is 0 Å². The lowest BCUT2D eigenvalue weighted by Gasteiger charge is -2.23. The fourth-order valence-electron chi connectivity index (χ4n) is 5.40. The molecule has 7 nitrogen and oxygen atoms in total. The Labute approximate surface area is 215 Å². The number of carbonyl (C=O) groups excluding carboxylic acids is 1. The number of nitrogens with one attached hydrogen (secondary N) is 3. The van der Waals surface area contributed by atoms with Gasteiger partial charge in [0.15, 0.2) is 0 Å². The van der Waals surface area contributed by atoms with Crippen LogP contribution in [0.25, 0.3) is 21.1 Å². The molecule has 36 heavy (non-hydrogen) atoms. The van der Waals surface area contributed by atoms with Gasteiger partial charge in [-0.25, -0.2) is 9.78 Å². The SMILES string of the molecule is O=C(NCCCNc1c2c(nc3cc(N4CCCC4)ccc13)CCCC2)Nc1ccc2ncsc2c1. The van der Waals surface area contributed by atoms with Crippen molar-refractivity contribution in [2.24, 2.45) is 0 Å². The second kappa shape index (κ2) is 10.3. The van der Waals surface area contributed by atoms with E-state index < -0.39 is 0 Å². The Morgan fingerprint density at radius 2 is 1.86 bits per heavy atom. The number of fused-ring (bicyclic) bond motifs is 3. The highest BCUT2D eigenvalue weighted by Gasteiger charge is 2.20. The molecule has 4 aromatic rings. The van der Waals surface area contributed by atoms with Gasteiger partial charge in [-0.05, 0) is 86.9 Å². The van der Waals surface area contributed by atoms with Crippen molar-refractivity contribution in [2.75, 3.05) is 41.7 Å². The maximum absolute atomic E-state index is 12.4. The van der Waals surface area contributed by atoms with Gasteiger partial charge in [-0.3, -0.25) is 4.98 Å². The summed E-state index contributed by atoms with van der Waals surface area (Å²) in [6.45, 7) is 3.68. The van der Waals surface area contributed by atoms with Crippen molar-refractivity contribution in [3.63, 3.8) is 0 Å². The van der Waals surface area contributed by atoms with Gasteiger partial charge in [0.2, 0.25) is 0 Å². The standard InChI is InChI=1S/C28H32N6OS/c35-28(32-19-8-11-24-26(16-19)36-18-31-24)30-13-5-12-29-27-21-6-1-2-7-23(21)33-25-17-20(9-10-22(25)27)34-14-3-4-15-34/h8-11,16-18H,1-7,12-15H2,(H,29,33)(H2,30,32,35). The molecule has 0 spiro atoms. The first-order valence-corrected chi connectivity index (χ1v) is 13.9. The molecule has 2 aromatic heterocycles. The van der Waals surface area contributed by atoms with Gasteiger partial charge in [-0.1, -0.05) is 0 Å². The Morgan fingerprint density at radius 3 is 2.78 bits per heavy atom. The lowest BCUT2D eigenvalue weighted by molar-refractivity contribution is 0.252. The molecule has 0 saturated carbocycles. The van der Waals surface area contributed by atoms with E-state index >= 15 is 0 Å². The van der Waals surface area contributed by atoms with Crippen molar-refractivity contribution in [3.8, 4) is 0 Å². The third-order valence-electron chi connectivity index (χ3n) is 7.25. The molecule has 0 radical (unpaired) electrons. The van der Waals surface area contributed by atoms with Gasteiger partial charge >= 0.3 is 6.03 Å². The van der Waals surface area contributed by atoms with E-state index in [9.17, 15) is 4.79 Å². The number of amides is 2. The minimum atomic E-state index is -0.181. The Balaban J connectivity index is 1.09. The Hall–Kier alpha value is -3.39. The molecular weight excluding hydrogens is 468 g/mol. The largest absolute Gasteiger partial charge is 0.384 e. The second-order valence-electron chi connectivity index (χ2n) is 9.71. The van der Waals surface area contributed by atoms with Crippen LogP contribution in [0.1, 0.15) is 43.4 Å². The number of nitrogens with zero attached hydrogens (tertiary/aromatic N) is 3. The first-order chi connectivity index (χ1) is 17.7. The molecule has 1 aliphatic carbocycles. The normalized spacial score (nSPS) is 15.3. The van der Waals surface area contributed by atoms with Gasteiger partial charge in [-0.15, -0.1) is 11.3 Å². The lowest BCUT2D eigenvalue weighted by atomic mass is 9.92. The smallest absolute Gasteiger partial charge is 0.319 e. The molecule has 0 atom stereocenters. The first-order valence-electron chi connectivity index (χ1n) is 13.1. The van der Waals surface area contributed by atoms with Gasteiger partial charge in [0, 0.05) is 54.3 Å². The van der Waals surface area contributed by atoms with E-state index in [1.165, 1.54) is 53.7 Å². The lowest BCUT2D eigenvalue weighted by Crippen LogP contribution is -2.30. The molecule has 6 rings (SSSR count). The third kappa shape index (κ3) is 4.82. The van der Waals surface area contributed by atoms with Crippen molar-refractivity contribution >= 4 is 55.5 Å². The van der Waals surface area contributed by atoms with Gasteiger partial charge in [0.05, 0.1) is 21.2 Å². The van der Waals surface area contributed by atoms with Crippen molar-refractivity contribution in [3.05, 3.63) is 53.2 Å². The number of hydrogen-bond acceptors (Lipinski definition) is 6. The van der Waals surface area contributed by atoms with Gasteiger partial charge in [0.1, 0.15) is 0 Å². The number of urea groups is 1. The van der Waals surface area contributed by atoms with Crippen LogP contribution in [0, 0.1) is 0 Å². The van der Waals surface area contributed by atoms with Gasteiger partial charge in [-0.2, -0.15) is 0 Å². The van der Waals surface area contributed by atoms with E-state index in [0.717, 1.165) is 60.3 Å². The highest BCUT2D eigenvalue weighted by atomic mass is 32.1. The molecule has 3 N–H and O–H groups in total. The number of aromatic nitrogens is 2. The summed E-state index contributed by atoms with van der Waals surface area (Å²) in [7, 11) is 0. The topological polar surface area (TPSA) is 82.2 Å². The van der Waals surface area contributed by atoms with Crippen LogP contribution in [-0.2, 0) is 12.8 Å². The second-order valence-corrected chi connectivity index (χ2v) is 10.6. The monoisotopic (exact) mass is 500 g/mol. The molecule has 0 bridgehead atoms. The number of anilines is 3. The number of benzene rings is 2. The number of aryl methyl sites for hydroxylation is 1. The Morgan fingerprint density at radius 1 is 0.972 bits per heavy atom. The zero-order chi connectivity index (χ0) is 24.3. The highest BCUT2D eigenvalue weighted by molar-refractivity contribution is 7.16. The van der Waals surface area contributed by atoms with E-state index in [2.05, 4.69) is 44.0 Å². The van der Waals surface area contributed by atoms with Crippen LogP contribution in [-0.4, -0.2) is 42.2 Å². The van der Waals surface area contributed by atoms with Gasteiger partial charge in [0.25, 0.3) is 0 Å². The fourth-order valence-corrected chi connectivity index (χ4v) is 6.12. The maximum atomic E-state index is 12.4. The quantitative estimate of drug-likeness (QED) is 0.273. The molecule has 3 heterocycles. The van der Waals surface area contributed by atoms with E-state index in [1.54, 1.807) is 11.3 Å². The van der Waals surface area contributed by atoms with Crippen LogP contribution in [0.5, 0.6) is 0 Å². The van der Waals surface area contributed by atoms with E-state index in [0.29, 0.717) is 6.54 Å². The summed E-state index contributed by atoms with van der Waals surface area (Å²) in [5.74, 6) is 0. The molecule has 1 aliphatic heterocycles. The zero-order valence-electron chi connectivity index (χ0n) is 20.5. The van der Waals surface area contributed by atoms with E-state index in [1.807, 2.05) is 23.7 Å². The van der Waals surface area contributed by atoms with Crippen LogP contribution in [0.4, 0.5) is 21.9 Å². The molecule has 1 fully saturated rings. The summed E-state index contributed by atoms with van der Waals surface area (Å²) >= 11 is 1.57. The average Bonchev–Trinajstić information content (AvgIpc) is 3.60. The molecule has 2 amide bonds. The number of hydrogen-bond donors (Lipinski definition) is 3. The predicted molar refractivity (Wildman–Crippen MR) is 150 cm³/mol. The van der Waals surface area contributed by atoms with Crippen LogP contribution < -0.4 is 20.9 Å². The molecule has 186 valence electrons. The highest BCUT2D eigenvalue weighted by Crippen LogP contribution is 2.35. The van der Waals surface area contributed by atoms with E-state index in [4.69, 9.17) is 4.98 Å². The van der Waals surface area contributed by atoms with Crippen LogP contribution >= 0.6 is 11.3 Å². The molecule has 2 aliphatic rings. The summed E-state index contributed by atoms with van der Waals surface area (Å²) < 4.78 is 1.07. The minimum absolute atomic E-state index is 0.181. The number of thiazole rings is 1. The number of rotatable bonds is 7. The predicted octanol–water partition coefficient (Wildman–Crippen LogP) is 5.95. The summed E-state index contributed by atoms with van der Waals surface area (Å²) in [5.41, 5.74) is 9.82. The van der Waals surface area contributed by atoms with Crippen molar-refractivity contribution in [2.45, 2.75) is 44.9 Å². The molecule has 2 aromatic carbocycles. The summed E-state index contributed by atoms with van der Waals surface area (Å²) in [5, 5.41) is 10.8. The minimum Gasteiger partial charge on any atom is -0.384 e. The Bertz CT molecular complexity index is 1390. The number of pyridine rings is 1. The van der Waals surface area contributed by atoms with Gasteiger partial charge < -0.3 is 20.9 Å². The number of carbonyl (C=O) groups is 1. The van der Waals surface area contributed by atoms with Crippen molar-refractivity contribution < 1.29 is 4.79 Å². The Kier molecular flexibility index (Phi) is 6.59. The molecular formula is C28H32N6OS. The van der Waals surface area contributed by atoms with Crippen molar-refractivity contribution in [1.82, 2.24) is 15.3 Å². The summed E-state index contributed by atoms with van der Waals surface area (Å²) in [4.78, 5) is 24.2. The average molecular weight is 501 g/mol. The van der Waals surface area contributed by atoms with Crippen LogP contribution in [0.15, 0.2) is 41.9 Å². The van der Waals surface area contributed by atoms with Crippen LogP contribution in [0.3, 0.4) is 0 Å². The fraction of sp³-hybridized carbons (Fsp3) is 0.393. The third-order valence-corrected chi connectivity index (χ3v) is 8.04. The summed E-state index contributed by atoms with van der Waals surface area (Å²) in [6, 6.07) is 12.4. The maximum Gasteiger partial charge on any atom is 0.319 e. The van der Waals surface area contributed by atoms with Crippen LogP contribution in [0.2, 0.25) is 0 Å². The first kappa shape index (κ1) is 23.0. The van der Waals surface area contributed by atoms with E-state index in [-0.39, 0.29) is 6.03 Å².